The van der Waals surface area contributed by atoms with E-state index >= 15 is 0 Å². The van der Waals surface area contributed by atoms with Crippen LogP contribution in [0.3, 0.4) is 0 Å². The maximum atomic E-state index is 12.7. The highest BCUT2D eigenvalue weighted by Crippen LogP contribution is 2.06. The Morgan fingerprint density at radius 1 is 1.30 bits per heavy atom. The average Bonchev–Trinajstić information content (AvgIpc) is 2.37. The smallest absolute Gasteiger partial charge is 0.326 e. The molecule has 0 spiro atoms. The van der Waals surface area contributed by atoms with Crippen LogP contribution in [0.1, 0.15) is 25.8 Å². The molecule has 0 unspecified atom stereocenters. The number of hydrogen-bond donors (Lipinski definition) is 2. The van der Waals surface area contributed by atoms with E-state index < -0.39 is 12.0 Å². The van der Waals surface area contributed by atoms with Gasteiger partial charge in [-0.15, -0.1) is 0 Å². The Bertz CT molecular complexity index is 494. The zero-order chi connectivity index (χ0) is 15.1. The topological polar surface area (TPSA) is 66.4 Å². The van der Waals surface area contributed by atoms with Gasteiger partial charge in [0.15, 0.2) is 0 Å². The van der Waals surface area contributed by atoms with Crippen LogP contribution in [0.5, 0.6) is 0 Å². The minimum Gasteiger partial charge on any atom is -0.480 e. The van der Waals surface area contributed by atoms with Gasteiger partial charge in [0.1, 0.15) is 11.9 Å². The summed E-state index contributed by atoms with van der Waals surface area (Å²) in [6.07, 6.45) is 3.37. The number of aliphatic carboxylic acids is 1. The van der Waals surface area contributed by atoms with E-state index in [1.807, 2.05) is 0 Å². The summed E-state index contributed by atoms with van der Waals surface area (Å²) < 4.78 is 12.7. The predicted octanol–water partition coefficient (Wildman–Crippen LogP) is 2.45. The number of rotatable bonds is 6. The molecule has 1 atom stereocenters. The normalized spacial score (nSPS) is 12.6. The van der Waals surface area contributed by atoms with Crippen molar-refractivity contribution in [3.8, 4) is 0 Å². The van der Waals surface area contributed by atoms with Gasteiger partial charge in [-0.05, 0) is 23.6 Å². The monoisotopic (exact) mass is 279 g/mol. The largest absolute Gasteiger partial charge is 0.480 e. The molecule has 1 amide bonds. The van der Waals surface area contributed by atoms with Gasteiger partial charge < -0.3 is 10.4 Å². The van der Waals surface area contributed by atoms with Gasteiger partial charge in [-0.1, -0.05) is 38.1 Å². The van der Waals surface area contributed by atoms with Gasteiger partial charge in [0.05, 0.1) is 0 Å². The van der Waals surface area contributed by atoms with Gasteiger partial charge in [-0.2, -0.15) is 0 Å². The van der Waals surface area contributed by atoms with Gasteiger partial charge in [0, 0.05) is 6.42 Å². The Balaban J connectivity index is 2.50. The van der Waals surface area contributed by atoms with Gasteiger partial charge in [0.25, 0.3) is 0 Å². The highest BCUT2D eigenvalue weighted by atomic mass is 19.1. The molecule has 1 rings (SSSR count). The molecule has 1 aromatic rings. The first-order valence-electron chi connectivity index (χ1n) is 6.34. The molecule has 0 saturated carbocycles. The molecule has 20 heavy (non-hydrogen) atoms. The SMILES string of the molecule is CC(C)[C@H](NC(=O)C/C=C/c1ccc(F)cc1)C(=O)O. The van der Waals surface area contributed by atoms with Crippen molar-refractivity contribution < 1.29 is 19.1 Å². The third kappa shape index (κ3) is 5.22. The first-order chi connectivity index (χ1) is 9.40. The highest BCUT2D eigenvalue weighted by molar-refractivity contribution is 5.84. The standard InChI is InChI=1S/C15H18FNO3/c1-10(2)14(15(19)20)17-13(18)5-3-4-11-6-8-12(16)9-7-11/h3-4,6-10,14H,5H2,1-2H3,(H,17,18)(H,19,20)/b4-3+/t14-/m0/s1. The van der Waals surface area contributed by atoms with Crippen LogP contribution < -0.4 is 5.32 Å². The minimum atomic E-state index is -1.05. The molecule has 0 aromatic heterocycles. The maximum absolute atomic E-state index is 12.7. The van der Waals surface area contributed by atoms with Crippen LogP contribution in [0.2, 0.25) is 0 Å². The number of carbonyl (C=O) groups is 2. The van der Waals surface area contributed by atoms with E-state index in [4.69, 9.17) is 5.11 Å². The van der Waals surface area contributed by atoms with Crippen molar-refractivity contribution in [1.82, 2.24) is 5.32 Å². The zero-order valence-electron chi connectivity index (χ0n) is 11.5. The lowest BCUT2D eigenvalue weighted by Gasteiger charge is -2.17. The number of carbonyl (C=O) groups excluding carboxylic acids is 1. The van der Waals surface area contributed by atoms with Crippen molar-refractivity contribution in [2.45, 2.75) is 26.3 Å². The third-order valence-electron chi connectivity index (χ3n) is 2.73. The molecule has 4 nitrogen and oxygen atoms in total. The Morgan fingerprint density at radius 2 is 1.90 bits per heavy atom. The summed E-state index contributed by atoms with van der Waals surface area (Å²) in [6.45, 7) is 3.46. The number of nitrogens with one attached hydrogen (secondary N) is 1. The van der Waals surface area contributed by atoms with E-state index in [-0.39, 0.29) is 24.1 Å². The second-order valence-corrected chi connectivity index (χ2v) is 4.79. The van der Waals surface area contributed by atoms with Crippen molar-refractivity contribution >= 4 is 18.0 Å². The number of hydrogen-bond acceptors (Lipinski definition) is 2. The van der Waals surface area contributed by atoms with E-state index in [0.717, 1.165) is 5.56 Å². The first-order valence-corrected chi connectivity index (χ1v) is 6.34. The Kier molecular flexibility index (Phi) is 5.90. The second-order valence-electron chi connectivity index (χ2n) is 4.79. The molecule has 0 bridgehead atoms. The lowest BCUT2D eigenvalue weighted by atomic mass is 10.0. The number of benzene rings is 1. The van der Waals surface area contributed by atoms with Crippen LogP contribution in [-0.4, -0.2) is 23.0 Å². The molecule has 5 heteroatoms. The van der Waals surface area contributed by atoms with Gasteiger partial charge in [-0.25, -0.2) is 9.18 Å². The molecule has 0 saturated heterocycles. The molecule has 0 fully saturated rings. The Labute approximate surface area is 117 Å². The summed E-state index contributed by atoms with van der Waals surface area (Å²) in [7, 11) is 0. The predicted molar refractivity (Wildman–Crippen MR) is 74.5 cm³/mol. The Morgan fingerprint density at radius 3 is 2.40 bits per heavy atom. The zero-order valence-corrected chi connectivity index (χ0v) is 11.5. The van der Waals surface area contributed by atoms with Crippen LogP contribution in [0, 0.1) is 11.7 Å². The van der Waals surface area contributed by atoms with E-state index in [2.05, 4.69) is 5.32 Å². The summed E-state index contributed by atoms with van der Waals surface area (Å²) in [5.74, 6) is -1.90. The minimum absolute atomic E-state index is 0.0773. The third-order valence-corrected chi connectivity index (χ3v) is 2.73. The fourth-order valence-electron chi connectivity index (χ4n) is 1.62. The molecule has 2 N–H and O–H groups in total. The molecule has 0 radical (unpaired) electrons. The van der Waals surface area contributed by atoms with E-state index in [9.17, 15) is 14.0 Å². The number of amides is 1. The molecule has 0 aliphatic heterocycles. The van der Waals surface area contributed by atoms with Crippen molar-refractivity contribution in [3.63, 3.8) is 0 Å². The van der Waals surface area contributed by atoms with Crippen LogP contribution >= 0.6 is 0 Å². The highest BCUT2D eigenvalue weighted by Gasteiger charge is 2.22. The fourth-order valence-corrected chi connectivity index (χ4v) is 1.62. The lowest BCUT2D eigenvalue weighted by molar-refractivity contribution is -0.143. The molecular weight excluding hydrogens is 261 g/mol. The fraction of sp³-hybridized carbons (Fsp3) is 0.333. The van der Waals surface area contributed by atoms with Gasteiger partial charge in [-0.3, -0.25) is 4.79 Å². The molecule has 108 valence electrons. The van der Waals surface area contributed by atoms with Gasteiger partial charge in [0.2, 0.25) is 5.91 Å². The maximum Gasteiger partial charge on any atom is 0.326 e. The van der Waals surface area contributed by atoms with Crippen LogP contribution in [0.4, 0.5) is 4.39 Å². The molecule has 1 aromatic carbocycles. The summed E-state index contributed by atoms with van der Waals surface area (Å²) in [4.78, 5) is 22.6. The first kappa shape index (κ1) is 15.9. The van der Waals surface area contributed by atoms with E-state index in [1.54, 1.807) is 38.1 Å². The number of halogens is 1. The van der Waals surface area contributed by atoms with Crippen molar-refractivity contribution in [2.24, 2.45) is 5.92 Å². The van der Waals surface area contributed by atoms with Gasteiger partial charge >= 0.3 is 5.97 Å². The van der Waals surface area contributed by atoms with E-state index in [1.165, 1.54) is 12.1 Å². The second kappa shape index (κ2) is 7.43. The summed E-state index contributed by atoms with van der Waals surface area (Å²) >= 11 is 0. The molecule has 0 heterocycles. The van der Waals surface area contributed by atoms with Crippen LogP contribution in [-0.2, 0) is 9.59 Å². The van der Waals surface area contributed by atoms with Crippen molar-refractivity contribution in [3.05, 3.63) is 41.7 Å². The van der Waals surface area contributed by atoms with Crippen molar-refractivity contribution in [1.29, 1.82) is 0 Å². The summed E-state index contributed by atoms with van der Waals surface area (Å²) in [5.41, 5.74) is 0.776. The lowest BCUT2D eigenvalue weighted by Crippen LogP contribution is -2.44. The quantitative estimate of drug-likeness (QED) is 0.840. The van der Waals surface area contributed by atoms with Crippen molar-refractivity contribution in [2.75, 3.05) is 0 Å². The number of carboxylic acid groups (broad SMARTS) is 1. The van der Waals surface area contributed by atoms with Crippen LogP contribution in [0.15, 0.2) is 30.3 Å². The summed E-state index contributed by atoms with van der Waals surface area (Å²) in [6, 6.07) is 4.97. The Hall–Kier alpha value is -2.17. The molecule has 0 aliphatic rings. The van der Waals surface area contributed by atoms with Crippen LogP contribution in [0.25, 0.3) is 6.08 Å². The molecular formula is C15H18FNO3. The number of carboxylic acids is 1. The average molecular weight is 279 g/mol. The van der Waals surface area contributed by atoms with E-state index in [0.29, 0.717) is 0 Å². The molecule has 0 aliphatic carbocycles. The summed E-state index contributed by atoms with van der Waals surface area (Å²) in [5, 5.41) is 11.4.